The van der Waals surface area contributed by atoms with E-state index in [4.69, 9.17) is 0 Å². The highest BCUT2D eigenvalue weighted by atomic mass is 16.2. The van der Waals surface area contributed by atoms with E-state index in [1.807, 2.05) is 18.2 Å². The minimum atomic E-state index is 0.126. The predicted octanol–water partition coefficient (Wildman–Crippen LogP) is 3.05. The largest absolute Gasteiger partial charge is 0.349 e. The molecule has 2 aliphatic rings. The molecule has 0 radical (unpaired) electrons. The van der Waals surface area contributed by atoms with Crippen LogP contribution in [0, 0.1) is 11.3 Å². The smallest absolute Gasteiger partial charge is 0.224 e. The lowest BCUT2D eigenvalue weighted by atomic mass is 9.79. The molecule has 2 heteroatoms. The molecule has 1 spiro atoms. The number of carbonyl (C=O) groups is 1. The Hall–Kier alpha value is -1.31. The first-order valence-electron chi connectivity index (χ1n) is 6.57. The van der Waals surface area contributed by atoms with E-state index in [2.05, 4.69) is 24.4 Å². The van der Waals surface area contributed by atoms with Crippen LogP contribution in [0.5, 0.6) is 0 Å². The van der Waals surface area contributed by atoms with Gasteiger partial charge in [0.2, 0.25) is 5.91 Å². The van der Waals surface area contributed by atoms with Crippen molar-refractivity contribution in [3.05, 3.63) is 35.9 Å². The van der Waals surface area contributed by atoms with Crippen LogP contribution >= 0.6 is 0 Å². The highest BCUT2D eigenvalue weighted by molar-refractivity contribution is 5.83. The number of hydrogen-bond acceptors (Lipinski definition) is 1. The van der Waals surface area contributed by atoms with Crippen LogP contribution in [-0.2, 0) is 4.79 Å². The number of nitrogens with one attached hydrogen (secondary N) is 1. The first-order valence-corrected chi connectivity index (χ1v) is 6.57. The molecular weight excluding hydrogens is 210 g/mol. The average Bonchev–Trinajstić information content (AvgIpc) is 3.05. The molecule has 1 amide bonds. The first-order chi connectivity index (χ1) is 8.21. The van der Waals surface area contributed by atoms with Crippen LogP contribution in [0.3, 0.4) is 0 Å². The molecule has 1 N–H and O–H groups in total. The van der Waals surface area contributed by atoms with Gasteiger partial charge in [-0.3, -0.25) is 4.79 Å². The predicted molar refractivity (Wildman–Crippen MR) is 67.4 cm³/mol. The number of benzene rings is 1. The van der Waals surface area contributed by atoms with Crippen molar-refractivity contribution >= 4 is 5.91 Å². The molecule has 2 aliphatic carbocycles. The fourth-order valence-electron chi connectivity index (χ4n) is 3.04. The maximum Gasteiger partial charge on any atom is 0.224 e. The molecule has 3 rings (SSSR count). The van der Waals surface area contributed by atoms with Crippen molar-refractivity contribution in [1.29, 1.82) is 0 Å². The van der Waals surface area contributed by atoms with Gasteiger partial charge < -0.3 is 5.32 Å². The van der Waals surface area contributed by atoms with Crippen LogP contribution in [0.15, 0.2) is 30.3 Å². The average molecular weight is 229 g/mol. The molecular formula is C15H19NO. The summed E-state index contributed by atoms with van der Waals surface area (Å²) in [5, 5.41) is 3.14. The lowest BCUT2D eigenvalue weighted by Gasteiger charge is -2.26. The number of hydrogen-bond donors (Lipinski definition) is 1. The Morgan fingerprint density at radius 2 is 2.06 bits per heavy atom. The van der Waals surface area contributed by atoms with E-state index in [0.717, 1.165) is 6.42 Å². The molecule has 90 valence electrons. The van der Waals surface area contributed by atoms with E-state index in [0.29, 0.717) is 11.3 Å². The zero-order valence-corrected chi connectivity index (χ0v) is 10.3. The fourth-order valence-corrected chi connectivity index (χ4v) is 3.04. The normalized spacial score (nSPS) is 26.1. The van der Waals surface area contributed by atoms with Crippen molar-refractivity contribution in [3.8, 4) is 0 Å². The second kappa shape index (κ2) is 3.86. The molecule has 17 heavy (non-hydrogen) atoms. The summed E-state index contributed by atoms with van der Waals surface area (Å²) < 4.78 is 0. The van der Waals surface area contributed by atoms with E-state index in [1.165, 1.54) is 24.8 Å². The Balaban J connectivity index is 1.59. The summed E-state index contributed by atoms with van der Waals surface area (Å²) in [5.41, 5.74) is 1.62. The van der Waals surface area contributed by atoms with Gasteiger partial charge in [-0.05, 0) is 37.2 Å². The molecule has 0 heterocycles. The van der Waals surface area contributed by atoms with E-state index in [1.54, 1.807) is 0 Å². The standard InChI is InChI=1S/C15H19NO/c1-11(12-6-3-2-4-7-12)16-14(17)13-10-15(13)8-5-9-15/h2-4,6-7,11,13H,5,8-10H2,1H3,(H,16,17)/t11-,13+/m0/s1. The third-order valence-electron chi connectivity index (χ3n) is 4.51. The second-order valence-corrected chi connectivity index (χ2v) is 5.61. The fraction of sp³-hybridized carbons (Fsp3) is 0.533. The molecule has 1 aromatic carbocycles. The summed E-state index contributed by atoms with van der Waals surface area (Å²) in [6.45, 7) is 2.06. The van der Waals surface area contributed by atoms with Crippen molar-refractivity contribution in [1.82, 2.24) is 5.32 Å². The third-order valence-corrected chi connectivity index (χ3v) is 4.51. The van der Waals surface area contributed by atoms with Crippen molar-refractivity contribution in [2.75, 3.05) is 0 Å². The van der Waals surface area contributed by atoms with Gasteiger partial charge in [0.25, 0.3) is 0 Å². The van der Waals surface area contributed by atoms with Crippen LogP contribution in [-0.4, -0.2) is 5.91 Å². The first kappa shape index (κ1) is 10.8. The van der Waals surface area contributed by atoms with E-state index >= 15 is 0 Å². The lowest BCUT2D eigenvalue weighted by molar-refractivity contribution is -0.124. The van der Waals surface area contributed by atoms with Gasteiger partial charge in [-0.1, -0.05) is 36.8 Å². The summed E-state index contributed by atoms with van der Waals surface area (Å²) in [4.78, 5) is 12.1. The Morgan fingerprint density at radius 1 is 1.35 bits per heavy atom. The zero-order chi connectivity index (χ0) is 11.9. The van der Waals surface area contributed by atoms with Gasteiger partial charge in [-0.25, -0.2) is 0 Å². The molecule has 0 bridgehead atoms. The number of amides is 1. The quantitative estimate of drug-likeness (QED) is 0.848. The monoisotopic (exact) mass is 229 g/mol. The Kier molecular flexibility index (Phi) is 2.46. The molecule has 2 nitrogen and oxygen atoms in total. The van der Waals surface area contributed by atoms with Gasteiger partial charge in [-0.2, -0.15) is 0 Å². The molecule has 2 fully saturated rings. The summed E-state index contributed by atoms with van der Waals surface area (Å²) in [7, 11) is 0. The second-order valence-electron chi connectivity index (χ2n) is 5.61. The Morgan fingerprint density at radius 3 is 2.59 bits per heavy atom. The van der Waals surface area contributed by atoms with Crippen LogP contribution in [0.4, 0.5) is 0 Å². The maximum atomic E-state index is 12.1. The van der Waals surface area contributed by atoms with Gasteiger partial charge in [0, 0.05) is 5.92 Å². The number of carbonyl (C=O) groups excluding carboxylic acids is 1. The maximum absolute atomic E-state index is 12.1. The third kappa shape index (κ3) is 1.86. The van der Waals surface area contributed by atoms with Gasteiger partial charge in [0.15, 0.2) is 0 Å². The van der Waals surface area contributed by atoms with Crippen LogP contribution in [0.25, 0.3) is 0 Å². The lowest BCUT2D eigenvalue weighted by Crippen LogP contribution is -2.31. The number of rotatable bonds is 3. The van der Waals surface area contributed by atoms with Crippen molar-refractivity contribution in [2.24, 2.45) is 11.3 Å². The molecule has 2 saturated carbocycles. The molecule has 0 unspecified atom stereocenters. The minimum absolute atomic E-state index is 0.126. The van der Waals surface area contributed by atoms with Crippen LogP contribution in [0.2, 0.25) is 0 Å². The highest BCUT2D eigenvalue weighted by Gasteiger charge is 2.60. The van der Waals surface area contributed by atoms with Crippen LogP contribution < -0.4 is 5.32 Å². The Labute approximate surface area is 102 Å². The van der Waals surface area contributed by atoms with Gasteiger partial charge in [0.1, 0.15) is 0 Å². The molecule has 0 saturated heterocycles. The molecule has 0 aromatic heterocycles. The van der Waals surface area contributed by atoms with Crippen molar-refractivity contribution < 1.29 is 4.79 Å². The van der Waals surface area contributed by atoms with Crippen molar-refractivity contribution in [3.63, 3.8) is 0 Å². The SMILES string of the molecule is C[C@H](NC(=O)[C@H]1CC12CCC2)c1ccccc1. The van der Waals surface area contributed by atoms with E-state index in [-0.39, 0.29) is 11.9 Å². The van der Waals surface area contributed by atoms with E-state index in [9.17, 15) is 4.79 Å². The highest BCUT2D eigenvalue weighted by Crippen LogP contribution is 2.65. The summed E-state index contributed by atoms with van der Waals surface area (Å²) in [6.07, 6.45) is 4.98. The summed E-state index contributed by atoms with van der Waals surface area (Å²) in [6, 6.07) is 10.3. The molecule has 2 atom stereocenters. The van der Waals surface area contributed by atoms with Gasteiger partial charge in [0.05, 0.1) is 6.04 Å². The van der Waals surface area contributed by atoms with Crippen LogP contribution in [0.1, 0.15) is 44.2 Å². The Bertz CT molecular complexity index is 422. The summed E-state index contributed by atoms with van der Waals surface area (Å²) >= 11 is 0. The van der Waals surface area contributed by atoms with E-state index < -0.39 is 0 Å². The molecule has 1 aromatic rings. The zero-order valence-electron chi connectivity index (χ0n) is 10.3. The molecule has 0 aliphatic heterocycles. The minimum Gasteiger partial charge on any atom is -0.349 e. The summed E-state index contributed by atoms with van der Waals surface area (Å²) in [5.74, 6) is 0.573. The topological polar surface area (TPSA) is 29.1 Å². The van der Waals surface area contributed by atoms with Gasteiger partial charge in [-0.15, -0.1) is 0 Å². The van der Waals surface area contributed by atoms with Crippen molar-refractivity contribution in [2.45, 2.75) is 38.6 Å². The van der Waals surface area contributed by atoms with Gasteiger partial charge >= 0.3 is 0 Å².